The fourth-order valence-corrected chi connectivity index (χ4v) is 3.72. The number of nitrogens with zero attached hydrogens (tertiary/aromatic N) is 5. The number of amides is 1. The van der Waals surface area contributed by atoms with Crippen molar-refractivity contribution in [2.75, 3.05) is 11.9 Å². The van der Waals surface area contributed by atoms with Gasteiger partial charge in [0.1, 0.15) is 5.01 Å². The van der Waals surface area contributed by atoms with Gasteiger partial charge in [-0.25, -0.2) is 0 Å². The smallest absolute Gasteiger partial charge is 0.311 e. The highest BCUT2D eigenvalue weighted by atomic mass is 32.1. The lowest BCUT2D eigenvalue weighted by atomic mass is 10.1. The molecule has 0 saturated heterocycles. The molecule has 4 aromatic rings. The van der Waals surface area contributed by atoms with Gasteiger partial charge in [-0.05, 0) is 38.1 Å². The van der Waals surface area contributed by atoms with Gasteiger partial charge in [-0.1, -0.05) is 23.5 Å². The molecule has 2 aromatic carbocycles. The number of hydrogen-bond acceptors (Lipinski definition) is 8. The summed E-state index contributed by atoms with van der Waals surface area (Å²) in [5, 5.41) is 27.3. The molecule has 0 aliphatic rings. The van der Waals surface area contributed by atoms with Crippen LogP contribution >= 0.6 is 11.3 Å². The van der Waals surface area contributed by atoms with E-state index in [2.05, 4.69) is 20.6 Å². The van der Waals surface area contributed by atoms with Gasteiger partial charge in [-0.2, -0.15) is 9.61 Å². The van der Waals surface area contributed by atoms with E-state index >= 15 is 0 Å². The number of anilines is 1. The molecule has 0 aliphatic carbocycles. The molecule has 11 heteroatoms. The van der Waals surface area contributed by atoms with Crippen LogP contribution in [0.2, 0.25) is 0 Å². The topological polar surface area (TPSA) is 125 Å². The zero-order chi connectivity index (χ0) is 21.3. The Morgan fingerprint density at radius 2 is 2.10 bits per heavy atom. The third-order valence-electron chi connectivity index (χ3n) is 4.23. The summed E-state index contributed by atoms with van der Waals surface area (Å²) in [6.45, 7) is 3.83. The summed E-state index contributed by atoms with van der Waals surface area (Å²) in [5.41, 5.74) is 1.25. The molecule has 0 atom stereocenters. The average Bonchev–Trinajstić information content (AvgIpc) is 3.31. The Bertz CT molecular complexity index is 1270. The van der Waals surface area contributed by atoms with Gasteiger partial charge >= 0.3 is 5.69 Å². The standard InChI is InChI=1S/C19H16N6O4S/c1-3-29-16-8-7-12(10-15(16)25(27)28)17(26)20-14-6-4-5-13(9-14)18-23-24-11(2)21-22-19(24)30-18/h4-10H,3H2,1-2H3,(H,20,26). The molecule has 0 fully saturated rings. The molecule has 4 rings (SSSR count). The van der Waals surface area contributed by atoms with Crippen molar-refractivity contribution in [3.63, 3.8) is 0 Å². The average molecular weight is 424 g/mol. The van der Waals surface area contributed by atoms with Crippen LogP contribution in [0.5, 0.6) is 5.75 Å². The number of nitro groups is 1. The van der Waals surface area contributed by atoms with Crippen LogP contribution in [0.4, 0.5) is 11.4 Å². The van der Waals surface area contributed by atoms with Crippen molar-refractivity contribution in [2.45, 2.75) is 13.8 Å². The summed E-state index contributed by atoms with van der Waals surface area (Å²) in [7, 11) is 0. The monoisotopic (exact) mass is 424 g/mol. The summed E-state index contributed by atoms with van der Waals surface area (Å²) in [5.74, 6) is 0.348. The summed E-state index contributed by atoms with van der Waals surface area (Å²) >= 11 is 1.38. The number of benzene rings is 2. The van der Waals surface area contributed by atoms with Crippen molar-refractivity contribution in [1.82, 2.24) is 19.8 Å². The SMILES string of the molecule is CCOc1ccc(C(=O)Nc2cccc(-c3nn4c(C)nnc4s3)c2)cc1[N+](=O)[O-]. The predicted molar refractivity (Wildman–Crippen MR) is 111 cm³/mol. The predicted octanol–water partition coefficient (Wildman–Crippen LogP) is 3.72. The number of ether oxygens (including phenoxy) is 1. The maximum absolute atomic E-state index is 12.6. The second-order valence-corrected chi connectivity index (χ2v) is 7.21. The van der Waals surface area contributed by atoms with Gasteiger partial charge < -0.3 is 10.1 Å². The first kappa shape index (κ1) is 19.5. The highest BCUT2D eigenvalue weighted by molar-refractivity contribution is 7.19. The molecule has 0 radical (unpaired) electrons. The lowest BCUT2D eigenvalue weighted by Crippen LogP contribution is -2.12. The maximum Gasteiger partial charge on any atom is 0.311 e. The summed E-state index contributed by atoms with van der Waals surface area (Å²) in [6, 6.07) is 11.3. The first-order valence-corrected chi connectivity index (χ1v) is 9.79. The number of nitrogens with one attached hydrogen (secondary N) is 1. The number of rotatable bonds is 6. The minimum absolute atomic E-state index is 0.125. The van der Waals surface area contributed by atoms with Crippen molar-refractivity contribution < 1.29 is 14.5 Å². The molecule has 0 saturated carbocycles. The fourth-order valence-electron chi connectivity index (χ4n) is 2.84. The number of hydrogen-bond donors (Lipinski definition) is 1. The number of nitro benzene ring substituents is 1. The van der Waals surface area contributed by atoms with Crippen LogP contribution in [0.1, 0.15) is 23.1 Å². The van der Waals surface area contributed by atoms with Gasteiger partial charge in [0.2, 0.25) is 4.96 Å². The van der Waals surface area contributed by atoms with Crippen LogP contribution in [-0.2, 0) is 0 Å². The number of aryl methyl sites for hydroxylation is 1. The molecule has 0 aliphatic heterocycles. The second kappa shape index (κ2) is 7.87. The first-order valence-electron chi connectivity index (χ1n) is 8.98. The zero-order valence-corrected chi connectivity index (χ0v) is 16.8. The molecule has 0 spiro atoms. The maximum atomic E-state index is 12.6. The highest BCUT2D eigenvalue weighted by Gasteiger charge is 2.19. The normalized spacial score (nSPS) is 10.9. The van der Waals surface area contributed by atoms with Crippen molar-refractivity contribution in [1.29, 1.82) is 0 Å². The van der Waals surface area contributed by atoms with Gasteiger partial charge in [0, 0.05) is 22.9 Å². The van der Waals surface area contributed by atoms with Crippen LogP contribution < -0.4 is 10.1 Å². The lowest BCUT2D eigenvalue weighted by Gasteiger charge is -2.08. The number of carbonyl (C=O) groups is 1. The molecule has 0 unspecified atom stereocenters. The summed E-state index contributed by atoms with van der Waals surface area (Å²) < 4.78 is 6.91. The molecule has 152 valence electrons. The Hall–Kier alpha value is -3.86. The van der Waals surface area contributed by atoms with Gasteiger partial charge in [0.25, 0.3) is 5.91 Å². The van der Waals surface area contributed by atoms with E-state index in [1.54, 1.807) is 29.6 Å². The summed E-state index contributed by atoms with van der Waals surface area (Å²) in [6.07, 6.45) is 0. The molecule has 2 heterocycles. The lowest BCUT2D eigenvalue weighted by molar-refractivity contribution is -0.385. The van der Waals surface area contributed by atoms with Crippen molar-refractivity contribution in [2.24, 2.45) is 0 Å². The largest absolute Gasteiger partial charge is 0.487 e. The fraction of sp³-hybridized carbons (Fsp3) is 0.158. The number of carbonyl (C=O) groups excluding carboxylic acids is 1. The van der Waals surface area contributed by atoms with Gasteiger partial charge in [0.15, 0.2) is 11.6 Å². The van der Waals surface area contributed by atoms with Gasteiger partial charge in [-0.3, -0.25) is 14.9 Å². The molecular formula is C19H16N6O4S. The number of aromatic nitrogens is 4. The van der Waals surface area contributed by atoms with Gasteiger partial charge in [-0.15, -0.1) is 10.2 Å². The molecule has 1 N–H and O–H groups in total. The van der Waals surface area contributed by atoms with E-state index in [-0.39, 0.29) is 23.6 Å². The van der Waals surface area contributed by atoms with E-state index in [4.69, 9.17) is 4.74 Å². The highest BCUT2D eigenvalue weighted by Crippen LogP contribution is 2.30. The van der Waals surface area contributed by atoms with Crippen LogP contribution in [0.3, 0.4) is 0 Å². The van der Waals surface area contributed by atoms with E-state index in [9.17, 15) is 14.9 Å². The Labute approximate surface area is 174 Å². The van der Waals surface area contributed by atoms with E-state index in [0.29, 0.717) is 16.5 Å². The minimum atomic E-state index is -0.571. The van der Waals surface area contributed by atoms with Crippen LogP contribution in [0.25, 0.3) is 15.5 Å². The van der Waals surface area contributed by atoms with Crippen LogP contribution in [-0.4, -0.2) is 37.2 Å². The van der Waals surface area contributed by atoms with E-state index in [1.807, 2.05) is 13.0 Å². The van der Waals surface area contributed by atoms with Crippen LogP contribution in [0, 0.1) is 17.0 Å². The summed E-state index contributed by atoms with van der Waals surface area (Å²) in [4.78, 5) is 24.0. The molecule has 1 amide bonds. The third-order valence-corrected chi connectivity index (χ3v) is 5.18. The quantitative estimate of drug-likeness (QED) is 0.369. The molecule has 30 heavy (non-hydrogen) atoms. The minimum Gasteiger partial charge on any atom is -0.487 e. The zero-order valence-electron chi connectivity index (χ0n) is 16.0. The molecule has 10 nitrogen and oxygen atoms in total. The van der Waals surface area contributed by atoms with E-state index < -0.39 is 10.8 Å². The molecular weight excluding hydrogens is 408 g/mol. The van der Waals surface area contributed by atoms with Crippen molar-refractivity contribution in [3.05, 3.63) is 64.0 Å². The van der Waals surface area contributed by atoms with E-state index in [1.165, 1.54) is 29.5 Å². The Balaban J connectivity index is 1.58. The van der Waals surface area contributed by atoms with Crippen LogP contribution in [0.15, 0.2) is 42.5 Å². The first-order chi connectivity index (χ1) is 14.5. The van der Waals surface area contributed by atoms with Crippen molar-refractivity contribution in [3.8, 4) is 16.3 Å². The Kier molecular flexibility index (Phi) is 5.11. The molecule has 0 bridgehead atoms. The third kappa shape index (κ3) is 3.70. The second-order valence-electron chi connectivity index (χ2n) is 6.26. The van der Waals surface area contributed by atoms with E-state index in [0.717, 1.165) is 10.6 Å². The van der Waals surface area contributed by atoms with Crippen molar-refractivity contribution >= 4 is 33.6 Å². The van der Waals surface area contributed by atoms with Gasteiger partial charge in [0.05, 0.1) is 11.5 Å². The Morgan fingerprint density at radius 1 is 1.27 bits per heavy atom. The Morgan fingerprint density at radius 3 is 2.83 bits per heavy atom. The molecule has 2 aromatic heterocycles. The number of fused-ring (bicyclic) bond motifs is 1.